The highest BCUT2D eigenvalue weighted by Crippen LogP contribution is 2.24. The molecule has 0 amide bonds. The number of hydrogen-bond acceptors (Lipinski definition) is 4. The summed E-state index contributed by atoms with van der Waals surface area (Å²) in [5, 5.41) is 7.03. The molecule has 2 aromatic rings. The summed E-state index contributed by atoms with van der Waals surface area (Å²) in [6.07, 6.45) is 0.626. The third kappa shape index (κ3) is 2.71. The lowest BCUT2D eigenvalue weighted by molar-refractivity contribution is 0.692. The molecule has 0 aliphatic carbocycles. The van der Waals surface area contributed by atoms with Gasteiger partial charge in [-0.1, -0.05) is 33.8 Å². The van der Waals surface area contributed by atoms with Gasteiger partial charge in [-0.15, -0.1) is 5.10 Å². The second-order valence-corrected chi connectivity index (χ2v) is 4.83. The third-order valence-electron chi connectivity index (χ3n) is 2.21. The Labute approximate surface area is 107 Å². The minimum Gasteiger partial charge on any atom is -0.322 e. The maximum atomic E-state index is 6.06. The van der Waals surface area contributed by atoms with E-state index in [0.29, 0.717) is 16.5 Å². The highest BCUT2D eigenvalue weighted by Gasteiger charge is 2.12. The third-order valence-corrected chi connectivity index (χ3v) is 3.32. The smallest absolute Gasteiger partial charge is 0.0925 e. The van der Waals surface area contributed by atoms with Gasteiger partial charge >= 0.3 is 0 Å². The van der Waals surface area contributed by atoms with E-state index < -0.39 is 0 Å². The van der Waals surface area contributed by atoms with E-state index in [1.165, 1.54) is 11.5 Å². The van der Waals surface area contributed by atoms with Crippen LogP contribution in [-0.4, -0.2) is 9.59 Å². The summed E-state index contributed by atoms with van der Waals surface area (Å²) in [6, 6.07) is 5.21. The first-order chi connectivity index (χ1) is 7.66. The second-order valence-electron chi connectivity index (χ2n) is 3.38. The van der Waals surface area contributed by atoms with E-state index in [1.807, 2.05) is 11.4 Å². The molecule has 1 aromatic carbocycles. The topological polar surface area (TPSA) is 51.8 Å². The fraction of sp³-hybridized carbons (Fsp3) is 0.200. The summed E-state index contributed by atoms with van der Waals surface area (Å²) in [5.74, 6) is 0. The van der Waals surface area contributed by atoms with Gasteiger partial charge in [0.15, 0.2) is 0 Å². The van der Waals surface area contributed by atoms with E-state index in [0.717, 1.165) is 11.3 Å². The van der Waals surface area contributed by atoms with Crippen molar-refractivity contribution < 1.29 is 0 Å². The van der Waals surface area contributed by atoms with E-state index in [-0.39, 0.29) is 6.04 Å². The Hall–Kier alpha value is -0.680. The van der Waals surface area contributed by atoms with Crippen molar-refractivity contribution in [2.24, 2.45) is 5.73 Å². The Morgan fingerprint density at radius 3 is 2.81 bits per heavy atom. The molecule has 0 aliphatic heterocycles. The molecule has 3 nitrogen and oxygen atoms in total. The summed E-state index contributed by atoms with van der Waals surface area (Å²) in [4.78, 5) is 0. The molecule has 1 atom stereocenters. The highest BCUT2D eigenvalue weighted by molar-refractivity contribution is 7.03. The van der Waals surface area contributed by atoms with Gasteiger partial charge in [0.2, 0.25) is 0 Å². The van der Waals surface area contributed by atoms with Crippen molar-refractivity contribution in [2.75, 3.05) is 0 Å². The monoisotopic (exact) mass is 273 g/mol. The maximum Gasteiger partial charge on any atom is 0.0925 e. The first-order valence-corrected chi connectivity index (χ1v) is 6.22. The number of nitrogens with two attached hydrogens (primary N) is 1. The van der Waals surface area contributed by atoms with E-state index in [2.05, 4.69) is 9.59 Å². The molecule has 2 N–H and O–H groups in total. The highest BCUT2D eigenvalue weighted by atomic mass is 35.5. The molecule has 0 saturated heterocycles. The predicted octanol–water partition coefficient (Wildman–Crippen LogP) is 3.09. The van der Waals surface area contributed by atoms with Crippen molar-refractivity contribution in [1.29, 1.82) is 0 Å². The van der Waals surface area contributed by atoms with Crippen LogP contribution in [0.4, 0.5) is 0 Å². The van der Waals surface area contributed by atoms with Gasteiger partial charge in [0.1, 0.15) is 0 Å². The quantitative estimate of drug-likeness (QED) is 0.935. The van der Waals surface area contributed by atoms with Crippen molar-refractivity contribution in [3.8, 4) is 0 Å². The molecule has 0 radical (unpaired) electrons. The summed E-state index contributed by atoms with van der Waals surface area (Å²) in [7, 11) is 0. The van der Waals surface area contributed by atoms with E-state index in [9.17, 15) is 0 Å². The Balaban J connectivity index is 2.15. The molecule has 1 aromatic heterocycles. The summed E-state index contributed by atoms with van der Waals surface area (Å²) in [6.45, 7) is 0. The van der Waals surface area contributed by atoms with Crippen molar-refractivity contribution in [1.82, 2.24) is 9.59 Å². The molecule has 1 unspecified atom stereocenters. The maximum absolute atomic E-state index is 6.06. The van der Waals surface area contributed by atoms with Gasteiger partial charge in [-0.25, -0.2) is 0 Å². The standard InChI is InChI=1S/C10H9Cl2N3S/c11-7-2-1-6(8(12)4-7)3-9(13)10-5-16-15-14-10/h1-2,4-5,9H,3,13H2. The average molecular weight is 274 g/mol. The van der Waals surface area contributed by atoms with E-state index in [1.54, 1.807) is 12.1 Å². The molecule has 2 rings (SSSR count). The number of nitrogens with zero attached hydrogens (tertiary/aromatic N) is 2. The van der Waals surface area contributed by atoms with Crippen LogP contribution in [0.25, 0.3) is 0 Å². The molecule has 0 spiro atoms. The zero-order valence-corrected chi connectivity index (χ0v) is 10.6. The van der Waals surface area contributed by atoms with Crippen LogP contribution in [-0.2, 0) is 6.42 Å². The van der Waals surface area contributed by atoms with Crippen LogP contribution < -0.4 is 5.73 Å². The van der Waals surface area contributed by atoms with Gasteiger partial charge in [0.05, 0.1) is 11.7 Å². The number of aromatic nitrogens is 2. The molecular weight excluding hydrogens is 265 g/mol. The van der Waals surface area contributed by atoms with Crippen LogP contribution >= 0.6 is 34.7 Å². The Morgan fingerprint density at radius 2 is 2.19 bits per heavy atom. The molecule has 0 bridgehead atoms. The molecular formula is C10H9Cl2N3S. The van der Waals surface area contributed by atoms with E-state index >= 15 is 0 Å². The second kappa shape index (κ2) is 5.10. The number of hydrogen-bond donors (Lipinski definition) is 1. The first-order valence-electron chi connectivity index (χ1n) is 4.63. The lowest BCUT2D eigenvalue weighted by Gasteiger charge is -2.09. The molecule has 6 heteroatoms. The predicted molar refractivity (Wildman–Crippen MR) is 67.0 cm³/mol. The lowest BCUT2D eigenvalue weighted by Crippen LogP contribution is -2.14. The van der Waals surface area contributed by atoms with Crippen molar-refractivity contribution >= 4 is 34.7 Å². The normalized spacial score (nSPS) is 12.7. The zero-order chi connectivity index (χ0) is 11.5. The van der Waals surface area contributed by atoms with Gasteiger partial charge in [0, 0.05) is 15.4 Å². The van der Waals surface area contributed by atoms with Crippen LogP contribution in [0.5, 0.6) is 0 Å². The zero-order valence-electron chi connectivity index (χ0n) is 8.23. The van der Waals surface area contributed by atoms with Crippen LogP contribution in [0.3, 0.4) is 0 Å². The van der Waals surface area contributed by atoms with Gasteiger partial charge < -0.3 is 5.73 Å². The summed E-state index contributed by atoms with van der Waals surface area (Å²) >= 11 is 13.2. The van der Waals surface area contributed by atoms with Crippen molar-refractivity contribution in [3.63, 3.8) is 0 Å². The lowest BCUT2D eigenvalue weighted by atomic mass is 10.0. The minimum absolute atomic E-state index is 0.183. The Morgan fingerprint density at radius 1 is 1.38 bits per heavy atom. The molecule has 16 heavy (non-hydrogen) atoms. The molecule has 84 valence electrons. The Kier molecular flexibility index (Phi) is 3.76. The fourth-order valence-corrected chi connectivity index (χ4v) is 2.37. The van der Waals surface area contributed by atoms with E-state index in [4.69, 9.17) is 28.9 Å². The van der Waals surface area contributed by atoms with Gasteiger partial charge in [0.25, 0.3) is 0 Å². The van der Waals surface area contributed by atoms with Crippen molar-refractivity contribution in [3.05, 3.63) is 44.9 Å². The summed E-state index contributed by atoms with van der Waals surface area (Å²) < 4.78 is 3.78. The number of benzene rings is 1. The fourth-order valence-electron chi connectivity index (χ4n) is 1.36. The van der Waals surface area contributed by atoms with Crippen LogP contribution in [0.2, 0.25) is 10.0 Å². The minimum atomic E-state index is -0.183. The van der Waals surface area contributed by atoms with Gasteiger partial charge in [-0.05, 0) is 35.6 Å². The van der Waals surface area contributed by atoms with Crippen LogP contribution in [0, 0.1) is 0 Å². The molecule has 0 saturated carbocycles. The van der Waals surface area contributed by atoms with Crippen LogP contribution in [0.1, 0.15) is 17.3 Å². The first kappa shape index (κ1) is 11.8. The van der Waals surface area contributed by atoms with Gasteiger partial charge in [-0.2, -0.15) is 0 Å². The largest absolute Gasteiger partial charge is 0.322 e. The van der Waals surface area contributed by atoms with Crippen LogP contribution in [0.15, 0.2) is 23.6 Å². The van der Waals surface area contributed by atoms with Crippen molar-refractivity contribution in [2.45, 2.75) is 12.5 Å². The number of halogens is 2. The number of rotatable bonds is 3. The molecule has 0 aliphatic rings. The average Bonchev–Trinajstić information content (AvgIpc) is 2.75. The Bertz CT molecular complexity index is 473. The SMILES string of the molecule is NC(Cc1ccc(Cl)cc1Cl)c1csnn1. The molecule has 0 fully saturated rings. The van der Waals surface area contributed by atoms with Gasteiger partial charge in [-0.3, -0.25) is 0 Å². The summed E-state index contributed by atoms with van der Waals surface area (Å²) in [5.41, 5.74) is 7.74. The molecule has 1 heterocycles.